The number of halogens is 1. The van der Waals surface area contributed by atoms with Crippen LogP contribution >= 0.6 is 23.4 Å². The molecule has 19 heavy (non-hydrogen) atoms. The Labute approximate surface area is 124 Å². The lowest BCUT2D eigenvalue weighted by atomic mass is 10.2. The van der Waals surface area contributed by atoms with Crippen LogP contribution in [0.15, 0.2) is 47.4 Å². The van der Waals surface area contributed by atoms with Crippen LogP contribution in [-0.2, 0) is 12.3 Å². The SMILES string of the molecule is CNCc1cccc(Cl)c1SCc1cccc(C)c1. The van der Waals surface area contributed by atoms with Crippen LogP contribution in [0.1, 0.15) is 16.7 Å². The van der Waals surface area contributed by atoms with E-state index in [4.69, 9.17) is 11.6 Å². The number of rotatable bonds is 5. The van der Waals surface area contributed by atoms with Gasteiger partial charge in [-0.15, -0.1) is 11.8 Å². The zero-order valence-electron chi connectivity index (χ0n) is 11.2. The first kappa shape index (κ1) is 14.4. The fourth-order valence-electron chi connectivity index (χ4n) is 2.00. The molecule has 2 aromatic rings. The molecule has 0 atom stereocenters. The molecule has 1 nitrogen and oxygen atoms in total. The van der Waals surface area contributed by atoms with Gasteiger partial charge in [0.05, 0.1) is 5.02 Å². The van der Waals surface area contributed by atoms with Gasteiger partial charge in [0.2, 0.25) is 0 Å². The van der Waals surface area contributed by atoms with Gasteiger partial charge in [-0.25, -0.2) is 0 Å². The molecular formula is C16H18ClNS. The first-order chi connectivity index (χ1) is 9.20. The Morgan fingerprint density at radius 3 is 2.68 bits per heavy atom. The summed E-state index contributed by atoms with van der Waals surface area (Å²) in [5.74, 6) is 0.947. The number of nitrogens with one attached hydrogen (secondary N) is 1. The Balaban J connectivity index is 2.14. The number of benzene rings is 2. The van der Waals surface area contributed by atoms with Crippen molar-refractivity contribution >= 4 is 23.4 Å². The van der Waals surface area contributed by atoms with E-state index < -0.39 is 0 Å². The summed E-state index contributed by atoms with van der Waals surface area (Å²) in [6.07, 6.45) is 0. The quantitative estimate of drug-likeness (QED) is 0.804. The van der Waals surface area contributed by atoms with Gasteiger partial charge in [0.25, 0.3) is 0 Å². The lowest BCUT2D eigenvalue weighted by molar-refractivity contribution is 0.803. The van der Waals surface area contributed by atoms with Crippen molar-refractivity contribution < 1.29 is 0 Å². The Bertz CT molecular complexity index is 554. The molecule has 0 fully saturated rings. The molecule has 0 amide bonds. The highest BCUT2D eigenvalue weighted by Crippen LogP contribution is 2.33. The molecular weight excluding hydrogens is 274 g/mol. The number of thioether (sulfide) groups is 1. The van der Waals surface area contributed by atoms with E-state index in [1.807, 2.05) is 19.2 Å². The molecule has 0 saturated carbocycles. The van der Waals surface area contributed by atoms with Gasteiger partial charge in [0.1, 0.15) is 0 Å². The van der Waals surface area contributed by atoms with Gasteiger partial charge in [-0.3, -0.25) is 0 Å². The van der Waals surface area contributed by atoms with Gasteiger partial charge in [-0.05, 0) is 31.2 Å². The molecule has 0 heterocycles. The summed E-state index contributed by atoms with van der Waals surface area (Å²) in [5.41, 5.74) is 3.89. The minimum atomic E-state index is 0.838. The number of hydrogen-bond donors (Lipinski definition) is 1. The van der Waals surface area contributed by atoms with Gasteiger partial charge in [0.15, 0.2) is 0 Å². The molecule has 0 spiro atoms. The molecule has 100 valence electrons. The van der Waals surface area contributed by atoms with Crippen LogP contribution in [0, 0.1) is 6.92 Å². The van der Waals surface area contributed by atoms with Crippen LogP contribution in [0.2, 0.25) is 5.02 Å². The maximum atomic E-state index is 6.31. The summed E-state index contributed by atoms with van der Waals surface area (Å²) in [6.45, 7) is 2.97. The van der Waals surface area contributed by atoms with E-state index in [1.165, 1.54) is 21.6 Å². The van der Waals surface area contributed by atoms with Crippen LogP contribution in [-0.4, -0.2) is 7.05 Å². The van der Waals surface area contributed by atoms with Crippen molar-refractivity contribution in [3.8, 4) is 0 Å². The maximum absolute atomic E-state index is 6.31. The molecule has 0 radical (unpaired) electrons. The van der Waals surface area contributed by atoms with Crippen LogP contribution in [0.5, 0.6) is 0 Å². The van der Waals surface area contributed by atoms with E-state index in [9.17, 15) is 0 Å². The lowest BCUT2D eigenvalue weighted by Gasteiger charge is -2.11. The van der Waals surface area contributed by atoms with Crippen molar-refractivity contribution in [1.82, 2.24) is 5.32 Å². The molecule has 0 saturated heterocycles. The lowest BCUT2D eigenvalue weighted by Crippen LogP contribution is -2.06. The molecule has 2 rings (SSSR count). The number of aryl methyl sites for hydroxylation is 1. The van der Waals surface area contributed by atoms with Crippen LogP contribution in [0.3, 0.4) is 0 Å². The average Bonchev–Trinajstić information content (AvgIpc) is 2.38. The molecule has 2 aromatic carbocycles. The first-order valence-electron chi connectivity index (χ1n) is 6.31. The summed E-state index contributed by atoms with van der Waals surface area (Å²) in [4.78, 5) is 1.18. The fourth-order valence-corrected chi connectivity index (χ4v) is 3.38. The van der Waals surface area contributed by atoms with Crippen LogP contribution in [0.4, 0.5) is 0 Å². The minimum Gasteiger partial charge on any atom is -0.316 e. The second kappa shape index (κ2) is 6.99. The van der Waals surface area contributed by atoms with Crippen LogP contribution in [0.25, 0.3) is 0 Å². The molecule has 0 aliphatic carbocycles. The Morgan fingerprint density at radius 2 is 1.95 bits per heavy atom. The molecule has 0 bridgehead atoms. The van der Waals surface area contributed by atoms with E-state index in [2.05, 4.69) is 42.6 Å². The zero-order valence-corrected chi connectivity index (χ0v) is 12.8. The summed E-state index contributed by atoms with van der Waals surface area (Å²) < 4.78 is 0. The summed E-state index contributed by atoms with van der Waals surface area (Å²) >= 11 is 8.12. The number of hydrogen-bond acceptors (Lipinski definition) is 2. The standard InChI is InChI=1S/C16H18ClNS/c1-12-5-3-6-13(9-12)11-19-16-14(10-18-2)7-4-8-15(16)17/h3-9,18H,10-11H2,1-2H3. The predicted molar refractivity (Wildman–Crippen MR) is 85.0 cm³/mol. The third-order valence-corrected chi connectivity index (χ3v) is 4.56. The zero-order chi connectivity index (χ0) is 13.7. The fraction of sp³-hybridized carbons (Fsp3) is 0.250. The molecule has 1 N–H and O–H groups in total. The largest absolute Gasteiger partial charge is 0.316 e. The van der Waals surface area contributed by atoms with E-state index in [0.29, 0.717) is 0 Å². The molecule has 0 aliphatic rings. The summed E-state index contributed by atoms with van der Waals surface area (Å²) in [7, 11) is 1.95. The topological polar surface area (TPSA) is 12.0 Å². The third-order valence-electron chi connectivity index (χ3n) is 2.88. The summed E-state index contributed by atoms with van der Waals surface area (Å²) in [6, 6.07) is 14.7. The van der Waals surface area contributed by atoms with Crippen molar-refractivity contribution in [2.45, 2.75) is 24.1 Å². The van der Waals surface area contributed by atoms with Crippen molar-refractivity contribution in [2.75, 3.05) is 7.05 Å². The van der Waals surface area contributed by atoms with Crippen molar-refractivity contribution in [3.05, 3.63) is 64.2 Å². The highest BCUT2D eigenvalue weighted by Gasteiger charge is 2.07. The van der Waals surface area contributed by atoms with E-state index in [-0.39, 0.29) is 0 Å². The minimum absolute atomic E-state index is 0.838. The normalized spacial score (nSPS) is 10.7. The second-order valence-corrected chi connectivity index (χ2v) is 5.93. The van der Waals surface area contributed by atoms with Gasteiger partial charge < -0.3 is 5.32 Å². The molecule has 0 aromatic heterocycles. The van der Waals surface area contributed by atoms with E-state index in [0.717, 1.165) is 17.3 Å². The van der Waals surface area contributed by atoms with Gasteiger partial charge in [0, 0.05) is 17.2 Å². The second-order valence-electron chi connectivity index (χ2n) is 4.54. The predicted octanol–water partition coefficient (Wildman–Crippen LogP) is 4.66. The third kappa shape index (κ3) is 4.00. The van der Waals surface area contributed by atoms with Gasteiger partial charge in [-0.2, -0.15) is 0 Å². The summed E-state index contributed by atoms with van der Waals surface area (Å²) in [5, 5.41) is 4.03. The molecule has 0 aliphatic heterocycles. The van der Waals surface area contributed by atoms with Gasteiger partial charge >= 0.3 is 0 Å². The smallest absolute Gasteiger partial charge is 0.0545 e. The van der Waals surface area contributed by atoms with Crippen molar-refractivity contribution in [3.63, 3.8) is 0 Å². The molecule has 0 unspecified atom stereocenters. The maximum Gasteiger partial charge on any atom is 0.0545 e. The van der Waals surface area contributed by atoms with Crippen LogP contribution < -0.4 is 5.32 Å². The monoisotopic (exact) mass is 291 g/mol. The Hall–Kier alpha value is -0.960. The first-order valence-corrected chi connectivity index (χ1v) is 7.67. The van der Waals surface area contributed by atoms with E-state index in [1.54, 1.807) is 11.8 Å². The van der Waals surface area contributed by atoms with Gasteiger partial charge in [-0.1, -0.05) is 53.6 Å². The van der Waals surface area contributed by atoms with Crippen molar-refractivity contribution in [1.29, 1.82) is 0 Å². The average molecular weight is 292 g/mol. The van der Waals surface area contributed by atoms with Crippen molar-refractivity contribution in [2.24, 2.45) is 0 Å². The van der Waals surface area contributed by atoms with E-state index >= 15 is 0 Å². The Morgan fingerprint density at radius 1 is 1.16 bits per heavy atom. The molecule has 3 heteroatoms. The Kier molecular flexibility index (Phi) is 5.32. The highest BCUT2D eigenvalue weighted by molar-refractivity contribution is 7.98. The highest BCUT2D eigenvalue weighted by atomic mass is 35.5.